The molecule has 5 nitrogen and oxygen atoms in total. The van der Waals surface area contributed by atoms with Crippen LogP contribution >= 0.6 is 21.6 Å². The Morgan fingerprint density at radius 2 is 1.88 bits per heavy atom. The molecular weight excluding hydrogens is 440 g/mol. The van der Waals surface area contributed by atoms with E-state index in [1.54, 1.807) is 21.6 Å². The second-order valence-corrected chi connectivity index (χ2v) is 10.8. The number of aryl methyl sites for hydroxylation is 3. The normalized spacial score (nSPS) is 15.8. The standard InChI is InChI=1S/C25H30N2O3S2/c1-18-4-7-22-21(17-18)6-5-20-3-2-10-26-24(20)23(22)19-8-11-27(12-9-19)25(29)30-14-16-32-31-15-13-28/h2-4,7,10,17,28H,5-6,8-9,11-16H2,1H3. The van der Waals surface area contributed by atoms with E-state index in [4.69, 9.17) is 14.8 Å². The number of carbonyl (C=O) groups excluding carboxylic acids is 1. The first-order chi connectivity index (χ1) is 15.7. The summed E-state index contributed by atoms with van der Waals surface area (Å²) < 4.78 is 5.45. The van der Waals surface area contributed by atoms with Gasteiger partial charge in [-0.1, -0.05) is 57.0 Å². The van der Waals surface area contributed by atoms with Gasteiger partial charge in [0.05, 0.1) is 12.3 Å². The van der Waals surface area contributed by atoms with Crippen LogP contribution < -0.4 is 0 Å². The maximum Gasteiger partial charge on any atom is 0.409 e. The Balaban J connectivity index is 1.48. The molecule has 1 fully saturated rings. The molecule has 32 heavy (non-hydrogen) atoms. The molecule has 1 aliphatic carbocycles. The Kier molecular flexibility index (Phi) is 8.16. The monoisotopic (exact) mass is 470 g/mol. The molecule has 1 aromatic heterocycles. The summed E-state index contributed by atoms with van der Waals surface area (Å²) in [7, 11) is 3.22. The van der Waals surface area contributed by atoms with Gasteiger partial charge in [-0.3, -0.25) is 4.98 Å². The zero-order valence-corrected chi connectivity index (χ0v) is 20.1. The number of aromatic nitrogens is 1. The Morgan fingerprint density at radius 1 is 1.09 bits per heavy atom. The lowest BCUT2D eigenvalue weighted by Gasteiger charge is -2.29. The number of hydrogen-bond donors (Lipinski definition) is 1. The van der Waals surface area contributed by atoms with Gasteiger partial charge in [0.1, 0.15) is 6.61 Å². The van der Waals surface area contributed by atoms with Gasteiger partial charge in [0.25, 0.3) is 0 Å². The topological polar surface area (TPSA) is 62.7 Å². The van der Waals surface area contributed by atoms with Gasteiger partial charge in [0.2, 0.25) is 0 Å². The Morgan fingerprint density at radius 3 is 2.69 bits per heavy atom. The number of hydrogen-bond acceptors (Lipinski definition) is 6. The number of ether oxygens (including phenoxy) is 1. The summed E-state index contributed by atoms with van der Waals surface area (Å²) in [5.41, 5.74) is 9.06. The van der Waals surface area contributed by atoms with Crippen LogP contribution in [0.2, 0.25) is 0 Å². The molecular formula is C25H30N2O3S2. The van der Waals surface area contributed by atoms with Crippen LogP contribution in [-0.4, -0.2) is 58.9 Å². The minimum atomic E-state index is -0.225. The highest BCUT2D eigenvalue weighted by Gasteiger charge is 2.26. The summed E-state index contributed by atoms with van der Waals surface area (Å²) in [6.07, 6.45) is 5.38. The number of benzene rings is 1. The van der Waals surface area contributed by atoms with Gasteiger partial charge in [-0.25, -0.2) is 4.79 Å². The number of carbonyl (C=O) groups is 1. The van der Waals surface area contributed by atoms with E-state index in [1.165, 1.54) is 33.4 Å². The molecule has 1 amide bonds. The zero-order valence-electron chi connectivity index (χ0n) is 18.5. The first-order valence-corrected chi connectivity index (χ1v) is 13.7. The molecule has 1 saturated heterocycles. The van der Waals surface area contributed by atoms with Gasteiger partial charge in [0.15, 0.2) is 0 Å². The number of likely N-dealkylation sites (tertiary alicyclic amines) is 1. The van der Waals surface area contributed by atoms with E-state index in [1.807, 2.05) is 17.2 Å². The van der Waals surface area contributed by atoms with E-state index in [9.17, 15) is 4.79 Å². The molecule has 0 atom stereocenters. The molecule has 170 valence electrons. The van der Waals surface area contributed by atoms with Gasteiger partial charge in [-0.2, -0.15) is 0 Å². The maximum absolute atomic E-state index is 12.5. The van der Waals surface area contributed by atoms with E-state index in [-0.39, 0.29) is 12.7 Å². The van der Waals surface area contributed by atoms with E-state index in [0.29, 0.717) is 25.4 Å². The molecule has 0 bridgehead atoms. The highest BCUT2D eigenvalue weighted by atomic mass is 33.1. The first-order valence-electron chi connectivity index (χ1n) is 11.2. The summed E-state index contributed by atoms with van der Waals surface area (Å²) in [5.74, 6) is 1.43. The van der Waals surface area contributed by atoms with Crippen molar-refractivity contribution in [3.05, 3.63) is 70.0 Å². The van der Waals surface area contributed by atoms with Crippen molar-refractivity contribution in [2.45, 2.75) is 32.6 Å². The number of piperidine rings is 1. The molecule has 0 saturated carbocycles. The van der Waals surface area contributed by atoms with Gasteiger partial charge in [-0.05, 0) is 55.4 Å². The largest absolute Gasteiger partial charge is 0.449 e. The molecule has 1 N–H and O–H groups in total. The van der Waals surface area contributed by atoms with Crippen molar-refractivity contribution in [2.24, 2.45) is 0 Å². The molecule has 1 aliphatic heterocycles. The van der Waals surface area contributed by atoms with Crippen LogP contribution in [0.3, 0.4) is 0 Å². The number of fused-ring (bicyclic) bond motifs is 2. The van der Waals surface area contributed by atoms with E-state index < -0.39 is 0 Å². The van der Waals surface area contributed by atoms with Crippen LogP contribution in [0.25, 0.3) is 5.57 Å². The summed E-state index contributed by atoms with van der Waals surface area (Å²) in [4.78, 5) is 19.1. The summed E-state index contributed by atoms with van der Waals surface area (Å²) in [5, 5.41) is 8.80. The number of pyridine rings is 1. The Bertz CT molecular complexity index is 983. The second kappa shape index (κ2) is 11.3. The molecule has 4 rings (SSSR count). The fraction of sp³-hybridized carbons (Fsp3) is 0.440. The molecule has 7 heteroatoms. The van der Waals surface area contributed by atoms with Crippen molar-refractivity contribution in [1.29, 1.82) is 0 Å². The lowest BCUT2D eigenvalue weighted by molar-refractivity contribution is 0.105. The summed E-state index contributed by atoms with van der Waals surface area (Å²) in [6.45, 7) is 4.07. The predicted octanol–water partition coefficient (Wildman–Crippen LogP) is 4.90. The predicted molar refractivity (Wildman–Crippen MR) is 133 cm³/mol. The average molecular weight is 471 g/mol. The highest BCUT2D eigenvalue weighted by Crippen LogP contribution is 2.38. The van der Waals surface area contributed by atoms with E-state index >= 15 is 0 Å². The second-order valence-electron chi connectivity index (χ2n) is 8.12. The van der Waals surface area contributed by atoms with Crippen molar-refractivity contribution in [2.75, 3.05) is 37.8 Å². The van der Waals surface area contributed by atoms with Crippen LogP contribution in [0.1, 0.15) is 40.8 Å². The van der Waals surface area contributed by atoms with Crippen molar-refractivity contribution in [1.82, 2.24) is 9.88 Å². The van der Waals surface area contributed by atoms with Gasteiger partial charge in [-0.15, -0.1) is 0 Å². The quantitative estimate of drug-likeness (QED) is 0.479. The fourth-order valence-corrected chi connectivity index (χ4v) is 6.01. The third kappa shape index (κ3) is 5.50. The third-order valence-corrected chi connectivity index (χ3v) is 8.30. The van der Waals surface area contributed by atoms with E-state index in [2.05, 4.69) is 31.2 Å². The van der Waals surface area contributed by atoms with Gasteiger partial charge < -0.3 is 14.7 Å². The fourth-order valence-electron chi connectivity index (χ4n) is 4.41. The molecule has 2 aliphatic rings. The SMILES string of the molecule is Cc1ccc2c(c1)CCc1cccnc1C2=C1CCN(C(=O)OCCSSCCO)CC1. The highest BCUT2D eigenvalue weighted by molar-refractivity contribution is 8.76. The number of amides is 1. The smallest absolute Gasteiger partial charge is 0.409 e. The molecule has 1 aromatic carbocycles. The lowest BCUT2D eigenvalue weighted by Crippen LogP contribution is -2.37. The van der Waals surface area contributed by atoms with Crippen molar-refractivity contribution >= 4 is 33.3 Å². The number of aliphatic hydroxyl groups is 1. The number of nitrogens with zero attached hydrogens (tertiary/aromatic N) is 2. The molecule has 2 aromatic rings. The van der Waals surface area contributed by atoms with Crippen molar-refractivity contribution < 1.29 is 14.6 Å². The van der Waals surface area contributed by atoms with Crippen LogP contribution in [0, 0.1) is 6.92 Å². The van der Waals surface area contributed by atoms with Gasteiger partial charge >= 0.3 is 6.09 Å². The van der Waals surface area contributed by atoms with Crippen LogP contribution in [0.5, 0.6) is 0 Å². The zero-order chi connectivity index (χ0) is 22.3. The molecule has 0 spiro atoms. The van der Waals surface area contributed by atoms with Crippen LogP contribution in [0.4, 0.5) is 4.79 Å². The maximum atomic E-state index is 12.5. The Labute approximate surface area is 198 Å². The molecule has 2 heterocycles. The summed E-state index contributed by atoms with van der Waals surface area (Å²) >= 11 is 0. The average Bonchev–Trinajstić information content (AvgIpc) is 2.98. The molecule has 0 unspecified atom stereocenters. The van der Waals surface area contributed by atoms with Crippen molar-refractivity contribution in [3.8, 4) is 0 Å². The van der Waals surface area contributed by atoms with Crippen LogP contribution in [-0.2, 0) is 17.6 Å². The van der Waals surface area contributed by atoms with Crippen LogP contribution in [0.15, 0.2) is 42.1 Å². The van der Waals surface area contributed by atoms with Crippen molar-refractivity contribution in [3.63, 3.8) is 0 Å². The number of rotatable bonds is 6. The molecule has 0 radical (unpaired) electrons. The lowest BCUT2D eigenvalue weighted by atomic mass is 9.88. The van der Waals surface area contributed by atoms with E-state index in [0.717, 1.165) is 37.1 Å². The third-order valence-electron chi connectivity index (χ3n) is 5.95. The Hall–Kier alpha value is -1.96. The minimum absolute atomic E-state index is 0.174. The number of aliphatic hydroxyl groups excluding tert-OH is 1. The summed E-state index contributed by atoms with van der Waals surface area (Å²) in [6, 6.07) is 11.0. The minimum Gasteiger partial charge on any atom is -0.449 e. The first kappa shape index (κ1) is 23.2. The van der Waals surface area contributed by atoms with Gasteiger partial charge in [0, 0.05) is 36.4 Å².